The van der Waals surface area contributed by atoms with Crippen molar-refractivity contribution in [2.75, 3.05) is 6.54 Å². The number of fused-ring (bicyclic) bond motifs is 1. The number of nitrogens with zero attached hydrogens (tertiary/aromatic N) is 1. The van der Waals surface area contributed by atoms with Crippen molar-refractivity contribution in [1.82, 2.24) is 0 Å². The van der Waals surface area contributed by atoms with E-state index in [-0.39, 0.29) is 11.5 Å². The van der Waals surface area contributed by atoms with E-state index in [0.29, 0.717) is 27.0 Å². The van der Waals surface area contributed by atoms with Gasteiger partial charge in [-0.2, -0.15) is 0 Å². The van der Waals surface area contributed by atoms with Gasteiger partial charge in [0.1, 0.15) is 15.1 Å². The minimum absolute atomic E-state index is 0.0446. The maximum atomic E-state index is 12.4. The highest BCUT2D eigenvalue weighted by molar-refractivity contribution is 14.1. The van der Waals surface area contributed by atoms with Crippen molar-refractivity contribution in [3.63, 3.8) is 0 Å². The molecule has 1 N–H and O–H groups in total. The number of halogens is 1. The maximum Gasteiger partial charge on any atom is 0.221 e. The van der Waals surface area contributed by atoms with Crippen LogP contribution in [0, 0.1) is 0 Å². The highest BCUT2D eigenvalue weighted by Crippen LogP contribution is 2.31. The summed E-state index contributed by atoms with van der Waals surface area (Å²) in [5, 5.41) is 10.1. The average molecular weight is 403 g/mol. The number of aliphatic hydroxyl groups excluding tert-OH is 1. The van der Waals surface area contributed by atoms with Gasteiger partial charge in [-0.25, -0.2) is 0 Å². The first-order valence-electron chi connectivity index (χ1n) is 7.00. The summed E-state index contributed by atoms with van der Waals surface area (Å²) in [6.07, 6.45) is 0.784. The Balaban J connectivity index is 1.90. The summed E-state index contributed by atoms with van der Waals surface area (Å²) in [4.78, 5) is 16.9. The molecule has 110 valence electrons. The Morgan fingerprint density at radius 3 is 2.32 bits per heavy atom. The van der Waals surface area contributed by atoms with Gasteiger partial charge in [0.05, 0.1) is 0 Å². The zero-order valence-electron chi connectivity index (χ0n) is 11.8. The first kappa shape index (κ1) is 15.0. The molecule has 0 bridgehead atoms. The van der Waals surface area contributed by atoms with Gasteiger partial charge >= 0.3 is 0 Å². The van der Waals surface area contributed by atoms with Gasteiger partial charge in [-0.15, -0.1) is 0 Å². The fraction of sp³-hybridized carbons (Fsp3) is 0.111. The van der Waals surface area contributed by atoms with Crippen LogP contribution in [0.2, 0.25) is 0 Å². The van der Waals surface area contributed by atoms with Gasteiger partial charge in [0.15, 0.2) is 0 Å². The van der Waals surface area contributed by atoms with Crippen LogP contribution in [0.25, 0.3) is 5.76 Å². The Hall–Kier alpha value is -1.95. The predicted octanol–water partition coefficient (Wildman–Crippen LogP) is 3.96. The summed E-state index contributed by atoms with van der Waals surface area (Å²) < 4.78 is 0.328. The summed E-state index contributed by atoms with van der Waals surface area (Å²) in [5.41, 5.74) is 3.01. The molecule has 0 saturated carbocycles. The average Bonchev–Trinajstić information content (AvgIpc) is 2.57. The summed E-state index contributed by atoms with van der Waals surface area (Å²) in [5.74, 6) is -0.159. The second-order valence-corrected chi connectivity index (χ2v) is 6.08. The second kappa shape index (κ2) is 6.44. The molecule has 1 aliphatic carbocycles. The van der Waals surface area contributed by atoms with Gasteiger partial charge in [0.2, 0.25) is 5.78 Å². The molecular formula is C18H14INO2. The molecule has 0 saturated heterocycles. The fourth-order valence-corrected chi connectivity index (χ4v) is 2.99. The molecule has 0 aliphatic heterocycles. The number of allylic oxidation sites excluding steroid dienone is 1. The van der Waals surface area contributed by atoms with Crippen LogP contribution in [0.1, 0.15) is 16.7 Å². The summed E-state index contributed by atoms with van der Waals surface area (Å²) in [6.45, 7) is 0.546. The molecule has 0 amide bonds. The van der Waals surface area contributed by atoms with Crippen LogP contribution in [0.4, 0.5) is 0 Å². The van der Waals surface area contributed by atoms with Crippen molar-refractivity contribution < 1.29 is 9.90 Å². The number of hydrogen-bond acceptors (Lipinski definition) is 3. The molecule has 0 aromatic heterocycles. The van der Waals surface area contributed by atoms with E-state index in [1.807, 2.05) is 77.2 Å². The second-order valence-electron chi connectivity index (χ2n) is 5.00. The van der Waals surface area contributed by atoms with Gasteiger partial charge in [0, 0.05) is 17.7 Å². The van der Waals surface area contributed by atoms with Crippen LogP contribution in [-0.2, 0) is 11.2 Å². The molecule has 4 heteroatoms. The summed E-state index contributed by atoms with van der Waals surface area (Å²) >= 11 is 1.88. The third-order valence-corrected chi connectivity index (χ3v) is 4.57. The molecule has 3 rings (SSSR count). The van der Waals surface area contributed by atoms with E-state index in [2.05, 4.69) is 4.99 Å². The Labute approximate surface area is 142 Å². The SMILES string of the molecule is O=C1C(=NCCc2ccccc2)c2ccccc2C(O)=C1I. The molecule has 1 aliphatic rings. The van der Waals surface area contributed by atoms with Crippen molar-refractivity contribution in [3.8, 4) is 0 Å². The summed E-state index contributed by atoms with van der Waals surface area (Å²) in [6, 6.07) is 17.4. The van der Waals surface area contributed by atoms with Gasteiger partial charge < -0.3 is 5.11 Å². The third kappa shape index (κ3) is 2.83. The largest absolute Gasteiger partial charge is 0.506 e. The van der Waals surface area contributed by atoms with E-state index in [0.717, 1.165) is 6.42 Å². The topological polar surface area (TPSA) is 49.7 Å². The van der Waals surface area contributed by atoms with Crippen molar-refractivity contribution >= 4 is 39.8 Å². The van der Waals surface area contributed by atoms with Crippen LogP contribution >= 0.6 is 22.6 Å². The lowest BCUT2D eigenvalue weighted by atomic mass is 9.93. The number of rotatable bonds is 3. The van der Waals surface area contributed by atoms with Crippen LogP contribution in [0.5, 0.6) is 0 Å². The quantitative estimate of drug-likeness (QED) is 0.789. The van der Waals surface area contributed by atoms with E-state index in [1.165, 1.54) is 5.56 Å². The minimum atomic E-state index is -0.204. The van der Waals surface area contributed by atoms with E-state index in [9.17, 15) is 9.90 Å². The number of hydrogen-bond donors (Lipinski definition) is 1. The molecule has 2 aromatic carbocycles. The van der Waals surface area contributed by atoms with Crippen LogP contribution < -0.4 is 0 Å². The van der Waals surface area contributed by atoms with Gasteiger partial charge in [0.25, 0.3) is 0 Å². The standard InChI is InChI=1S/C18H14INO2/c19-15-17(21)14-9-5-4-8-13(14)16(18(15)22)20-11-10-12-6-2-1-3-7-12/h1-9,21H,10-11H2. The molecule has 0 fully saturated rings. The van der Waals surface area contributed by atoms with E-state index in [4.69, 9.17) is 0 Å². The van der Waals surface area contributed by atoms with Crippen molar-refractivity contribution in [2.24, 2.45) is 4.99 Å². The number of carbonyl (C=O) groups is 1. The lowest BCUT2D eigenvalue weighted by Gasteiger charge is -2.17. The molecule has 0 heterocycles. The smallest absolute Gasteiger partial charge is 0.221 e. The molecule has 0 unspecified atom stereocenters. The molecule has 0 atom stereocenters. The highest BCUT2D eigenvalue weighted by atomic mass is 127. The zero-order valence-corrected chi connectivity index (χ0v) is 13.9. The number of aliphatic imine (C=N–C) groups is 1. The molecule has 0 spiro atoms. The van der Waals surface area contributed by atoms with Crippen molar-refractivity contribution in [1.29, 1.82) is 0 Å². The minimum Gasteiger partial charge on any atom is -0.506 e. The Kier molecular flexibility index (Phi) is 4.38. The number of aliphatic hydroxyl groups is 1. The van der Waals surface area contributed by atoms with Crippen molar-refractivity contribution in [2.45, 2.75) is 6.42 Å². The molecule has 0 radical (unpaired) electrons. The normalized spacial score (nSPS) is 16.0. The number of carbonyl (C=O) groups excluding carboxylic acids is 1. The van der Waals surface area contributed by atoms with Crippen LogP contribution in [-0.4, -0.2) is 23.1 Å². The Bertz CT molecular complexity index is 779. The van der Waals surface area contributed by atoms with Crippen molar-refractivity contribution in [3.05, 3.63) is 74.9 Å². The summed E-state index contributed by atoms with van der Waals surface area (Å²) in [7, 11) is 0. The lowest BCUT2D eigenvalue weighted by Crippen LogP contribution is -2.23. The van der Waals surface area contributed by atoms with Crippen LogP contribution in [0.3, 0.4) is 0 Å². The molecule has 22 heavy (non-hydrogen) atoms. The molecular weight excluding hydrogens is 389 g/mol. The Morgan fingerprint density at radius 1 is 0.955 bits per heavy atom. The fourth-order valence-electron chi connectivity index (χ4n) is 2.45. The monoisotopic (exact) mass is 403 g/mol. The third-order valence-electron chi connectivity index (χ3n) is 3.57. The predicted molar refractivity (Wildman–Crippen MR) is 96.6 cm³/mol. The lowest BCUT2D eigenvalue weighted by molar-refractivity contribution is -0.109. The first-order valence-corrected chi connectivity index (χ1v) is 8.08. The van der Waals surface area contributed by atoms with E-state index < -0.39 is 0 Å². The number of Topliss-reactive ketones (excluding diaryl/α,β-unsaturated/α-hetero) is 1. The Morgan fingerprint density at radius 2 is 1.59 bits per heavy atom. The molecule has 3 nitrogen and oxygen atoms in total. The maximum absolute atomic E-state index is 12.4. The van der Waals surface area contributed by atoms with E-state index >= 15 is 0 Å². The van der Waals surface area contributed by atoms with E-state index in [1.54, 1.807) is 0 Å². The van der Waals surface area contributed by atoms with Gasteiger partial charge in [-0.05, 0) is 34.6 Å². The first-order chi connectivity index (χ1) is 10.7. The number of ketones is 1. The van der Waals surface area contributed by atoms with Gasteiger partial charge in [-0.3, -0.25) is 9.79 Å². The highest BCUT2D eigenvalue weighted by Gasteiger charge is 2.29. The molecule has 2 aromatic rings. The van der Waals surface area contributed by atoms with Crippen LogP contribution in [0.15, 0.2) is 63.2 Å². The van der Waals surface area contributed by atoms with Gasteiger partial charge in [-0.1, -0.05) is 54.6 Å². The zero-order chi connectivity index (χ0) is 15.5. The number of benzene rings is 2.